The van der Waals surface area contributed by atoms with E-state index >= 15 is 0 Å². The van der Waals surface area contributed by atoms with Crippen LogP contribution in [0.25, 0.3) is 10.2 Å². The molecule has 0 saturated heterocycles. The highest BCUT2D eigenvalue weighted by Crippen LogP contribution is 2.36. The van der Waals surface area contributed by atoms with Crippen LogP contribution in [0.3, 0.4) is 0 Å². The lowest BCUT2D eigenvalue weighted by atomic mass is 10.2. The summed E-state index contributed by atoms with van der Waals surface area (Å²) in [4.78, 5) is 32.1. The first kappa shape index (κ1) is 18.3. The Kier molecular flexibility index (Phi) is 5.06. The van der Waals surface area contributed by atoms with E-state index < -0.39 is 5.25 Å². The van der Waals surface area contributed by atoms with Crippen LogP contribution in [0.1, 0.15) is 29.3 Å². The molecule has 2 heterocycles. The fourth-order valence-electron chi connectivity index (χ4n) is 3.43. The molecular formula is C20H20N2O3S2. The molecule has 2 aromatic heterocycles. The standard InChI is InChI=1S/C20H20N2O3S2/c1-12(19(24)25-2)26-20-21-17-16(14-9-6-10-15(14)27-17)18(23)22(20)11-13-7-4-3-5-8-13/h3-5,7-8,12H,6,9-11H2,1-2H3/t12-/m1/s1. The Hall–Kier alpha value is -2.12. The van der Waals surface area contributed by atoms with E-state index in [1.54, 1.807) is 22.8 Å². The molecule has 1 aliphatic carbocycles. The number of nitrogens with zero attached hydrogens (tertiary/aromatic N) is 2. The molecule has 1 atom stereocenters. The lowest BCUT2D eigenvalue weighted by Gasteiger charge is -2.15. The van der Waals surface area contributed by atoms with Gasteiger partial charge in [-0.15, -0.1) is 11.3 Å². The molecule has 1 aromatic carbocycles. The van der Waals surface area contributed by atoms with Crippen molar-refractivity contribution in [2.24, 2.45) is 0 Å². The fraction of sp³-hybridized carbons (Fsp3) is 0.350. The molecule has 7 heteroatoms. The molecule has 1 aliphatic rings. The number of fused-ring (bicyclic) bond motifs is 3. The maximum absolute atomic E-state index is 13.4. The third-order valence-electron chi connectivity index (χ3n) is 4.79. The Balaban J connectivity index is 1.85. The Bertz CT molecular complexity index is 1060. The van der Waals surface area contributed by atoms with Crippen LogP contribution in [-0.4, -0.2) is 27.9 Å². The zero-order chi connectivity index (χ0) is 19.0. The quantitative estimate of drug-likeness (QED) is 0.372. The van der Waals surface area contributed by atoms with Gasteiger partial charge >= 0.3 is 5.97 Å². The van der Waals surface area contributed by atoms with Crippen LogP contribution in [0.5, 0.6) is 0 Å². The number of methoxy groups -OCH3 is 1. The first-order chi connectivity index (χ1) is 13.1. The fourth-order valence-corrected chi connectivity index (χ4v) is 5.66. The zero-order valence-corrected chi connectivity index (χ0v) is 16.9. The van der Waals surface area contributed by atoms with Crippen molar-refractivity contribution in [1.82, 2.24) is 9.55 Å². The van der Waals surface area contributed by atoms with Gasteiger partial charge in [0.05, 0.1) is 19.0 Å². The largest absolute Gasteiger partial charge is 0.468 e. The van der Waals surface area contributed by atoms with Gasteiger partial charge in [0.25, 0.3) is 5.56 Å². The van der Waals surface area contributed by atoms with Crippen molar-refractivity contribution in [2.45, 2.75) is 43.1 Å². The molecule has 0 aliphatic heterocycles. The lowest BCUT2D eigenvalue weighted by Crippen LogP contribution is -2.25. The van der Waals surface area contributed by atoms with Gasteiger partial charge in [-0.05, 0) is 37.3 Å². The van der Waals surface area contributed by atoms with Crippen LogP contribution in [0, 0.1) is 0 Å². The Morgan fingerprint density at radius 2 is 2.11 bits per heavy atom. The van der Waals surface area contributed by atoms with Gasteiger partial charge in [-0.1, -0.05) is 42.1 Å². The van der Waals surface area contributed by atoms with Gasteiger partial charge in [0.1, 0.15) is 10.1 Å². The number of rotatable bonds is 5. The van der Waals surface area contributed by atoms with Crippen LogP contribution < -0.4 is 5.56 Å². The summed E-state index contributed by atoms with van der Waals surface area (Å²) in [6, 6.07) is 9.85. The van der Waals surface area contributed by atoms with Crippen molar-refractivity contribution in [3.05, 3.63) is 56.7 Å². The second-order valence-electron chi connectivity index (χ2n) is 6.59. The number of hydrogen-bond acceptors (Lipinski definition) is 6. The highest BCUT2D eigenvalue weighted by atomic mass is 32.2. The molecule has 0 bridgehead atoms. The van der Waals surface area contributed by atoms with Crippen molar-refractivity contribution < 1.29 is 9.53 Å². The molecule has 0 saturated carbocycles. The number of hydrogen-bond donors (Lipinski definition) is 0. The van der Waals surface area contributed by atoms with Gasteiger partial charge in [0, 0.05) is 4.88 Å². The van der Waals surface area contributed by atoms with Crippen LogP contribution in [0.15, 0.2) is 40.3 Å². The Morgan fingerprint density at radius 3 is 2.85 bits per heavy atom. The Labute approximate surface area is 165 Å². The summed E-state index contributed by atoms with van der Waals surface area (Å²) >= 11 is 2.89. The zero-order valence-electron chi connectivity index (χ0n) is 15.2. The molecule has 0 spiro atoms. The van der Waals surface area contributed by atoms with Crippen LogP contribution in [0.2, 0.25) is 0 Å². The van der Waals surface area contributed by atoms with Gasteiger partial charge in [-0.3, -0.25) is 14.2 Å². The summed E-state index contributed by atoms with van der Waals surface area (Å²) < 4.78 is 6.54. The van der Waals surface area contributed by atoms with Gasteiger partial charge in [-0.2, -0.15) is 0 Å². The molecule has 140 valence electrons. The summed E-state index contributed by atoms with van der Waals surface area (Å²) in [6.07, 6.45) is 3.07. The SMILES string of the molecule is COC(=O)[C@@H](C)Sc1nc2sc3c(c2c(=O)n1Cc1ccccc1)CCC3. The summed E-state index contributed by atoms with van der Waals surface area (Å²) in [7, 11) is 1.37. The first-order valence-corrected chi connectivity index (χ1v) is 10.6. The van der Waals surface area contributed by atoms with E-state index in [-0.39, 0.29) is 11.5 Å². The predicted molar refractivity (Wildman–Crippen MR) is 109 cm³/mol. The molecule has 5 nitrogen and oxygen atoms in total. The number of benzene rings is 1. The van der Waals surface area contributed by atoms with E-state index in [1.807, 2.05) is 30.3 Å². The number of thioether (sulfide) groups is 1. The van der Waals surface area contributed by atoms with E-state index in [2.05, 4.69) is 0 Å². The number of carbonyl (C=O) groups is 1. The summed E-state index contributed by atoms with van der Waals surface area (Å²) in [5, 5.41) is 0.890. The Morgan fingerprint density at radius 1 is 1.33 bits per heavy atom. The number of aryl methyl sites for hydroxylation is 2. The highest BCUT2D eigenvalue weighted by molar-refractivity contribution is 8.00. The maximum atomic E-state index is 13.4. The number of thiophene rings is 1. The number of ether oxygens (including phenoxy) is 1. The smallest absolute Gasteiger partial charge is 0.318 e. The first-order valence-electron chi connectivity index (χ1n) is 8.92. The van der Waals surface area contributed by atoms with Gasteiger partial charge < -0.3 is 4.74 Å². The molecule has 0 fully saturated rings. The number of carbonyl (C=O) groups excluding carboxylic acids is 1. The summed E-state index contributed by atoms with van der Waals surface area (Å²) in [5.41, 5.74) is 2.19. The van der Waals surface area contributed by atoms with E-state index in [9.17, 15) is 9.59 Å². The molecule has 27 heavy (non-hydrogen) atoms. The molecular weight excluding hydrogens is 380 g/mol. The second-order valence-corrected chi connectivity index (χ2v) is 8.98. The van der Waals surface area contributed by atoms with Crippen molar-refractivity contribution in [1.29, 1.82) is 0 Å². The molecule has 0 N–H and O–H groups in total. The average molecular weight is 401 g/mol. The van der Waals surface area contributed by atoms with Crippen molar-refractivity contribution in [3.8, 4) is 0 Å². The molecule has 0 amide bonds. The minimum atomic E-state index is -0.437. The van der Waals surface area contributed by atoms with Crippen LogP contribution in [0.4, 0.5) is 0 Å². The van der Waals surface area contributed by atoms with Crippen molar-refractivity contribution in [2.75, 3.05) is 7.11 Å². The second kappa shape index (κ2) is 7.48. The summed E-state index contributed by atoms with van der Waals surface area (Å²) in [5.74, 6) is -0.325. The van der Waals surface area contributed by atoms with E-state index in [0.29, 0.717) is 11.7 Å². The summed E-state index contributed by atoms with van der Waals surface area (Å²) in [6.45, 7) is 2.21. The topological polar surface area (TPSA) is 61.2 Å². The maximum Gasteiger partial charge on any atom is 0.318 e. The average Bonchev–Trinajstić information content (AvgIpc) is 3.25. The third-order valence-corrected chi connectivity index (χ3v) is 7.04. The van der Waals surface area contributed by atoms with Gasteiger partial charge in [-0.25, -0.2) is 4.98 Å². The predicted octanol–water partition coefficient (Wildman–Crippen LogP) is 3.65. The number of esters is 1. The van der Waals surface area contributed by atoms with E-state index in [1.165, 1.54) is 29.3 Å². The van der Waals surface area contributed by atoms with E-state index in [4.69, 9.17) is 9.72 Å². The van der Waals surface area contributed by atoms with Crippen LogP contribution in [-0.2, 0) is 28.9 Å². The number of aromatic nitrogens is 2. The van der Waals surface area contributed by atoms with Gasteiger partial charge in [0.2, 0.25) is 0 Å². The molecule has 0 radical (unpaired) electrons. The van der Waals surface area contributed by atoms with Crippen molar-refractivity contribution >= 4 is 39.3 Å². The minimum Gasteiger partial charge on any atom is -0.468 e. The molecule has 4 rings (SSSR count). The van der Waals surface area contributed by atoms with E-state index in [0.717, 1.165) is 35.0 Å². The molecule has 0 unspecified atom stereocenters. The van der Waals surface area contributed by atoms with Crippen molar-refractivity contribution in [3.63, 3.8) is 0 Å². The van der Waals surface area contributed by atoms with Gasteiger partial charge in [0.15, 0.2) is 5.16 Å². The highest BCUT2D eigenvalue weighted by Gasteiger charge is 2.25. The monoisotopic (exact) mass is 400 g/mol. The van der Waals surface area contributed by atoms with Crippen LogP contribution >= 0.6 is 23.1 Å². The lowest BCUT2D eigenvalue weighted by molar-refractivity contribution is -0.139. The molecule has 3 aromatic rings. The normalized spacial score (nSPS) is 14.3. The third kappa shape index (κ3) is 3.41. The minimum absolute atomic E-state index is 0.0113.